The maximum absolute atomic E-state index is 11.6. The number of hydrogen-bond acceptors (Lipinski definition) is 3. The van der Waals surface area contributed by atoms with Crippen molar-refractivity contribution < 1.29 is 19.7 Å². The van der Waals surface area contributed by atoms with Crippen molar-refractivity contribution in [2.24, 2.45) is 0 Å². The van der Waals surface area contributed by atoms with Gasteiger partial charge in [0.1, 0.15) is 11.7 Å². The van der Waals surface area contributed by atoms with Crippen molar-refractivity contribution in [3.63, 3.8) is 0 Å². The fourth-order valence-electron chi connectivity index (χ4n) is 2.18. The molecule has 2 aromatic carbocycles. The number of aliphatic hydroxyl groups is 1. The minimum absolute atomic E-state index is 0.502. The van der Waals surface area contributed by atoms with Crippen molar-refractivity contribution in [3.8, 4) is 5.75 Å². The number of aliphatic carboxylic acids is 1. The van der Waals surface area contributed by atoms with E-state index in [1.54, 1.807) is 48.5 Å². The van der Waals surface area contributed by atoms with Crippen LogP contribution >= 0.6 is 15.9 Å². The third-order valence-electron chi connectivity index (χ3n) is 3.22. The van der Waals surface area contributed by atoms with Gasteiger partial charge in [0.25, 0.3) is 0 Å². The van der Waals surface area contributed by atoms with E-state index in [4.69, 9.17) is 4.74 Å². The number of methoxy groups -OCH3 is 1. The van der Waals surface area contributed by atoms with Crippen molar-refractivity contribution >= 4 is 21.9 Å². The lowest BCUT2D eigenvalue weighted by Crippen LogP contribution is -2.20. The average molecular weight is 351 g/mol. The highest BCUT2D eigenvalue weighted by Gasteiger charge is 2.29. The molecule has 0 amide bonds. The summed E-state index contributed by atoms with van der Waals surface area (Å²) >= 11 is 3.31. The smallest absolute Gasteiger partial charge is 0.314 e. The van der Waals surface area contributed by atoms with Gasteiger partial charge in [-0.05, 0) is 35.4 Å². The normalized spacial score (nSPS) is 13.5. The van der Waals surface area contributed by atoms with Gasteiger partial charge in [0.15, 0.2) is 0 Å². The first-order chi connectivity index (χ1) is 10.0. The number of carbonyl (C=O) groups is 1. The lowest BCUT2D eigenvalue weighted by molar-refractivity contribution is -0.141. The van der Waals surface area contributed by atoms with Crippen molar-refractivity contribution in [1.82, 2.24) is 0 Å². The van der Waals surface area contributed by atoms with Crippen LogP contribution < -0.4 is 4.74 Å². The van der Waals surface area contributed by atoms with Crippen molar-refractivity contribution in [3.05, 3.63) is 64.1 Å². The second-order valence-electron chi connectivity index (χ2n) is 4.59. The molecule has 0 radical (unpaired) electrons. The number of ether oxygens (including phenoxy) is 1. The van der Waals surface area contributed by atoms with Crippen LogP contribution in [0.5, 0.6) is 5.75 Å². The van der Waals surface area contributed by atoms with Crippen LogP contribution in [0.2, 0.25) is 0 Å². The third-order valence-corrected chi connectivity index (χ3v) is 3.72. The predicted molar refractivity (Wildman–Crippen MR) is 82.5 cm³/mol. The summed E-state index contributed by atoms with van der Waals surface area (Å²) in [6.45, 7) is 0. The molecular weight excluding hydrogens is 336 g/mol. The van der Waals surface area contributed by atoms with Gasteiger partial charge in [-0.1, -0.05) is 40.2 Å². The predicted octanol–water partition coefficient (Wildman–Crippen LogP) is 3.36. The van der Waals surface area contributed by atoms with Crippen LogP contribution in [0, 0.1) is 0 Å². The average Bonchev–Trinajstić information content (AvgIpc) is 2.47. The Bertz CT molecular complexity index is 642. The molecule has 2 rings (SSSR count). The second kappa shape index (κ2) is 6.74. The van der Waals surface area contributed by atoms with E-state index in [2.05, 4.69) is 15.9 Å². The number of carboxylic acid groups (broad SMARTS) is 1. The van der Waals surface area contributed by atoms with E-state index in [9.17, 15) is 15.0 Å². The Labute approximate surface area is 131 Å². The molecular formula is C16H15BrO4. The Hall–Kier alpha value is -1.85. The lowest BCUT2D eigenvalue weighted by atomic mass is 9.89. The fraction of sp³-hybridized carbons (Fsp3) is 0.188. The van der Waals surface area contributed by atoms with Crippen LogP contribution in [0.25, 0.3) is 0 Å². The largest absolute Gasteiger partial charge is 0.497 e. The van der Waals surface area contributed by atoms with Gasteiger partial charge in [0, 0.05) is 4.47 Å². The molecule has 4 nitrogen and oxygen atoms in total. The SMILES string of the molecule is COc1cccc([C@@H](O)[C@H](C(=O)O)c2cccc(Br)c2)c1. The number of aliphatic hydroxyl groups excluding tert-OH is 1. The summed E-state index contributed by atoms with van der Waals surface area (Å²) in [6.07, 6.45) is -1.16. The van der Waals surface area contributed by atoms with Gasteiger partial charge in [-0.3, -0.25) is 4.79 Å². The van der Waals surface area contributed by atoms with Gasteiger partial charge in [-0.2, -0.15) is 0 Å². The number of rotatable bonds is 5. The first-order valence-corrected chi connectivity index (χ1v) is 7.12. The van der Waals surface area contributed by atoms with E-state index in [1.807, 2.05) is 0 Å². The van der Waals surface area contributed by atoms with Crippen molar-refractivity contribution in [1.29, 1.82) is 0 Å². The quantitative estimate of drug-likeness (QED) is 0.867. The zero-order valence-electron chi connectivity index (χ0n) is 11.4. The molecule has 2 atom stereocenters. The van der Waals surface area contributed by atoms with Gasteiger partial charge in [-0.15, -0.1) is 0 Å². The molecule has 0 aliphatic rings. The third kappa shape index (κ3) is 3.62. The molecule has 0 heterocycles. The summed E-state index contributed by atoms with van der Waals surface area (Å²) in [5.41, 5.74) is 1.04. The highest BCUT2D eigenvalue weighted by molar-refractivity contribution is 9.10. The van der Waals surface area contributed by atoms with Crippen molar-refractivity contribution in [2.45, 2.75) is 12.0 Å². The van der Waals surface area contributed by atoms with E-state index in [0.29, 0.717) is 16.9 Å². The first kappa shape index (κ1) is 15.5. The first-order valence-electron chi connectivity index (χ1n) is 6.33. The molecule has 5 heteroatoms. The minimum Gasteiger partial charge on any atom is -0.497 e. The van der Waals surface area contributed by atoms with E-state index in [1.165, 1.54) is 7.11 Å². The van der Waals surface area contributed by atoms with Crippen LogP contribution in [-0.4, -0.2) is 23.3 Å². The van der Waals surface area contributed by atoms with Crippen LogP contribution in [-0.2, 0) is 4.79 Å². The van der Waals surface area contributed by atoms with E-state index >= 15 is 0 Å². The molecule has 0 saturated heterocycles. The molecule has 0 spiro atoms. The molecule has 0 bridgehead atoms. The van der Waals surface area contributed by atoms with Crippen LogP contribution in [0.1, 0.15) is 23.1 Å². The summed E-state index contributed by atoms with van der Waals surface area (Å²) in [6, 6.07) is 13.7. The van der Waals surface area contributed by atoms with Crippen LogP contribution in [0.15, 0.2) is 53.0 Å². The molecule has 0 saturated carbocycles. The summed E-state index contributed by atoms with van der Waals surface area (Å²) < 4.78 is 5.87. The standard InChI is InChI=1S/C16H15BrO4/c1-21-13-7-3-5-11(9-13)15(18)14(16(19)20)10-4-2-6-12(17)8-10/h2-9,14-15,18H,1H3,(H,19,20)/t14-,15-/m1/s1. The summed E-state index contributed by atoms with van der Waals surface area (Å²) in [7, 11) is 1.52. The monoisotopic (exact) mass is 350 g/mol. The molecule has 2 N–H and O–H groups in total. The maximum Gasteiger partial charge on any atom is 0.314 e. The van der Waals surface area contributed by atoms with E-state index in [-0.39, 0.29) is 0 Å². The van der Waals surface area contributed by atoms with Crippen LogP contribution in [0.3, 0.4) is 0 Å². The van der Waals surface area contributed by atoms with E-state index in [0.717, 1.165) is 4.47 Å². The highest BCUT2D eigenvalue weighted by Crippen LogP contribution is 2.33. The number of carboxylic acids is 1. The Kier molecular flexibility index (Phi) is 4.98. The molecule has 0 fully saturated rings. The number of hydrogen-bond donors (Lipinski definition) is 2. The number of benzene rings is 2. The Balaban J connectivity index is 2.40. The Morgan fingerprint density at radius 3 is 2.43 bits per heavy atom. The topological polar surface area (TPSA) is 66.8 Å². The number of halogens is 1. The maximum atomic E-state index is 11.6. The van der Waals surface area contributed by atoms with Gasteiger partial charge < -0.3 is 14.9 Å². The lowest BCUT2D eigenvalue weighted by Gasteiger charge is -2.20. The minimum atomic E-state index is -1.16. The second-order valence-corrected chi connectivity index (χ2v) is 5.51. The molecule has 21 heavy (non-hydrogen) atoms. The molecule has 0 aliphatic carbocycles. The van der Waals surface area contributed by atoms with Gasteiger partial charge in [0.05, 0.1) is 13.2 Å². The Morgan fingerprint density at radius 2 is 1.81 bits per heavy atom. The Morgan fingerprint density at radius 1 is 1.14 bits per heavy atom. The highest BCUT2D eigenvalue weighted by atomic mass is 79.9. The van der Waals surface area contributed by atoms with Gasteiger partial charge in [0.2, 0.25) is 0 Å². The van der Waals surface area contributed by atoms with Crippen molar-refractivity contribution in [2.75, 3.05) is 7.11 Å². The fourth-order valence-corrected chi connectivity index (χ4v) is 2.59. The summed E-state index contributed by atoms with van der Waals surface area (Å²) in [5.74, 6) is -1.55. The zero-order valence-corrected chi connectivity index (χ0v) is 12.9. The zero-order chi connectivity index (χ0) is 15.4. The molecule has 2 aromatic rings. The molecule has 0 aliphatic heterocycles. The molecule has 0 unspecified atom stereocenters. The van der Waals surface area contributed by atoms with Gasteiger partial charge in [-0.25, -0.2) is 0 Å². The molecule has 110 valence electrons. The van der Waals surface area contributed by atoms with Crippen LogP contribution in [0.4, 0.5) is 0 Å². The molecule has 0 aromatic heterocycles. The summed E-state index contributed by atoms with van der Waals surface area (Å²) in [5, 5.41) is 19.9. The van der Waals surface area contributed by atoms with E-state index < -0.39 is 18.0 Å². The van der Waals surface area contributed by atoms with Gasteiger partial charge >= 0.3 is 5.97 Å². The summed E-state index contributed by atoms with van der Waals surface area (Å²) in [4.78, 5) is 11.6.